The highest BCUT2D eigenvalue weighted by Gasteiger charge is 2.29. The molecule has 0 fully saturated rings. The summed E-state index contributed by atoms with van der Waals surface area (Å²) in [6.07, 6.45) is 1.38. The van der Waals surface area contributed by atoms with Crippen LogP contribution in [0.4, 0.5) is 0 Å². The molecule has 1 unspecified atom stereocenters. The van der Waals surface area contributed by atoms with Crippen LogP contribution in [0.15, 0.2) is 47.4 Å². The third kappa shape index (κ3) is 2.73. The van der Waals surface area contributed by atoms with Crippen molar-refractivity contribution >= 4 is 32.5 Å². The molecule has 0 bridgehead atoms. The number of rotatable bonds is 3. The monoisotopic (exact) mass is 360 g/mol. The van der Waals surface area contributed by atoms with Crippen LogP contribution in [0.25, 0.3) is 10.9 Å². The first kappa shape index (κ1) is 15.7. The van der Waals surface area contributed by atoms with Crippen molar-refractivity contribution < 1.29 is 8.42 Å². The summed E-state index contributed by atoms with van der Waals surface area (Å²) in [7, 11) is -3.54. The fourth-order valence-electron chi connectivity index (χ4n) is 3.37. The zero-order valence-corrected chi connectivity index (χ0v) is 14.7. The highest BCUT2D eigenvalue weighted by atomic mass is 35.5. The molecule has 0 aliphatic heterocycles. The van der Waals surface area contributed by atoms with Gasteiger partial charge >= 0.3 is 0 Å². The largest absolute Gasteiger partial charge is 0.358 e. The van der Waals surface area contributed by atoms with Gasteiger partial charge in [0.25, 0.3) is 0 Å². The highest BCUT2D eigenvalue weighted by Crippen LogP contribution is 2.31. The molecule has 0 saturated carbocycles. The molecule has 1 atom stereocenters. The van der Waals surface area contributed by atoms with Gasteiger partial charge < -0.3 is 4.98 Å². The van der Waals surface area contributed by atoms with Gasteiger partial charge in [0.05, 0.1) is 4.90 Å². The SMILES string of the molecule is Cc1ccc2[nH]c3c(c2c1)CC(NS(=O)(=O)c1ccc(Cl)cc1)C3. The number of aromatic nitrogens is 1. The Balaban J connectivity index is 1.58. The molecular formula is C18H17ClN2O2S. The molecule has 1 aromatic heterocycles. The standard InChI is InChI=1S/C18H17ClN2O2S/c1-11-2-7-17-15(8-11)16-9-13(10-18(16)20-17)21-24(22,23)14-5-3-12(19)4-6-14/h2-8,13,20-21H,9-10H2,1H3. The molecule has 24 heavy (non-hydrogen) atoms. The number of hydrogen-bond donors (Lipinski definition) is 2. The second kappa shape index (κ2) is 5.62. The smallest absolute Gasteiger partial charge is 0.240 e. The van der Waals surface area contributed by atoms with Crippen molar-refractivity contribution in [1.82, 2.24) is 9.71 Å². The lowest BCUT2D eigenvalue weighted by Gasteiger charge is -2.13. The molecule has 124 valence electrons. The number of aryl methyl sites for hydroxylation is 1. The van der Waals surface area contributed by atoms with Crippen molar-refractivity contribution in [3.8, 4) is 0 Å². The fourth-order valence-corrected chi connectivity index (χ4v) is 4.74. The summed E-state index contributed by atoms with van der Waals surface area (Å²) in [5.41, 5.74) is 4.66. The van der Waals surface area contributed by atoms with E-state index in [1.165, 1.54) is 28.6 Å². The quantitative estimate of drug-likeness (QED) is 0.750. The van der Waals surface area contributed by atoms with Crippen LogP contribution in [0.2, 0.25) is 5.02 Å². The van der Waals surface area contributed by atoms with Crippen LogP contribution in [0.1, 0.15) is 16.8 Å². The van der Waals surface area contributed by atoms with Crippen molar-refractivity contribution in [2.45, 2.75) is 30.7 Å². The van der Waals surface area contributed by atoms with Crippen molar-refractivity contribution in [3.63, 3.8) is 0 Å². The van der Waals surface area contributed by atoms with Crippen LogP contribution in [0.5, 0.6) is 0 Å². The lowest BCUT2D eigenvalue weighted by Crippen LogP contribution is -2.35. The number of fused-ring (bicyclic) bond motifs is 3. The number of benzene rings is 2. The normalized spacial score (nSPS) is 17.3. The summed E-state index contributed by atoms with van der Waals surface area (Å²) in [6, 6.07) is 12.4. The third-order valence-corrected chi connectivity index (χ3v) is 6.29. The molecular weight excluding hydrogens is 344 g/mol. The Bertz CT molecular complexity index is 1020. The Morgan fingerprint density at radius 1 is 1.12 bits per heavy atom. The number of aromatic amines is 1. The maximum absolute atomic E-state index is 12.5. The van der Waals surface area contributed by atoms with Crippen LogP contribution < -0.4 is 4.72 Å². The summed E-state index contributed by atoms with van der Waals surface area (Å²) in [4.78, 5) is 3.65. The van der Waals surface area contributed by atoms with E-state index in [-0.39, 0.29) is 10.9 Å². The number of halogens is 1. The number of sulfonamides is 1. The van der Waals surface area contributed by atoms with Gasteiger partial charge in [0.1, 0.15) is 0 Å². The summed E-state index contributed by atoms with van der Waals surface area (Å²) in [5.74, 6) is 0. The van der Waals surface area contributed by atoms with E-state index in [1.807, 2.05) is 0 Å². The molecule has 0 spiro atoms. The molecule has 4 rings (SSSR count). The number of H-pyrrole nitrogens is 1. The minimum Gasteiger partial charge on any atom is -0.358 e. The van der Waals surface area contributed by atoms with Gasteiger partial charge in [-0.1, -0.05) is 23.2 Å². The summed E-state index contributed by atoms with van der Waals surface area (Å²) in [5, 5.41) is 1.71. The van der Waals surface area contributed by atoms with E-state index in [1.54, 1.807) is 12.1 Å². The lowest BCUT2D eigenvalue weighted by molar-refractivity contribution is 0.555. The third-order valence-electron chi connectivity index (χ3n) is 4.50. The molecule has 0 saturated heterocycles. The van der Waals surface area contributed by atoms with Gasteiger partial charge in [-0.3, -0.25) is 0 Å². The Labute approximate surface area is 145 Å². The van der Waals surface area contributed by atoms with Gasteiger partial charge in [0.15, 0.2) is 0 Å². The van der Waals surface area contributed by atoms with Gasteiger partial charge in [0.2, 0.25) is 10.0 Å². The van der Waals surface area contributed by atoms with Crippen molar-refractivity contribution in [2.24, 2.45) is 0 Å². The maximum Gasteiger partial charge on any atom is 0.240 e. The Morgan fingerprint density at radius 3 is 2.62 bits per heavy atom. The van der Waals surface area contributed by atoms with Gasteiger partial charge in [-0.05, 0) is 55.3 Å². The van der Waals surface area contributed by atoms with Crippen LogP contribution in [0, 0.1) is 6.92 Å². The topological polar surface area (TPSA) is 62.0 Å². The molecule has 0 radical (unpaired) electrons. The molecule has 6 heteroatoms. The van der Waals surface area contributed by atoms with E-state index < -0.39 is 10.0 Å². The van der Waals surface area contributed by atoms with Crippen molar-refractivity contribution in [3.05, 3.63) is 64.3 Å². The minimum atomic E-state index is -3.54. The highest BCUT2D eigenvalue weighted by molar-refractivity contribution is 7.89. The zero-order chi connectivity index (χ0) is 16.9. The average molecular weight is 361 g/mol. The maximum atomic E-state index is 12.5. The van der Waals surface area contributed by atoms with Crippen LogP contribution in [-0.2, 0) is 22.9 Å². The molecule has 4 nitrogen and oxygen atoms in total. The first-order valence-corrected chi connectivity index (χ1v) is 9.66. The van der Waals surface area contributed by atoms with E-state index in [0.717, 1.165) is 11.2 Å². The molecule has 1 aliphatic rings. The number of nitrogens with one attached hydrogen (secondary N) is 2. The van der Waals surface area contributed by atoms with E-state index in [2.05, 4.69) is 34.8 Å². The van der Waals surface area contributed by atoms with Gasteiger partial charge in [-0.15, -0.1) is 0 Å². The molecule has 0 amide bonds. The predicted molar refractivity (Wildman–Crippen MR) is 96.0 cm³/mol. The average Bonchev–Trinajstić information content (AvgIpc) is 3.04. The van der Waals surface area contributed by atoms with E-state index in [0.29, 0.717) is 17.9 Å². The first-order chi connectivity index (χ1) is 11.4. The van der Waals surface area contributed by atoms with E-state index >= 15 is 0 Å². The molecule has 3 aromatic rings. The van der Waals surface area contributed by atoms with E-state index in [4.69, 9.17) is 11.6 Å². The van der Waals surface area contributed by atoms with Crippen molar-refractivity contribution in [1.29, 1.82) is 0 Å². The van der Waals surface area contributed by atoms with E-state index in [9.17, 15) is 8.42 Å². The molecule has 1 heterocycles. The lowest BCUT2D eigenvalue weighted by atomic mass is 10.1. The van der Waals surface area contributed by atoms with Crippen molar-refractivity contribution in [2.75, 3.05) is 0 Å². The molecule has 2 aromatic carbocycles. The van der Waals surface area contributed by atoms with Gasteiger partial charge in [-0.2, -0.15) is 0 Å². The van der Waals surface area contributed by atoms with Crippen LogP contribution in [0.3, 0.4) is 0 Å². The summed E-state index contributed by atoms with van der Waals surface area (Å²) < 4.78 is 27.9. The fraction of sp³-hybridized carbons (Fsp3) is 0.222. The summed E-state index contributed by atoms with van der Waals surface area (Å²) >= 11 is 5.83. The van der Waals surface area contributed by atoms with Crippen LogP contribution in [-0.4, -0.2) is 19.4 Å². The van der Waals surface area contributed by atoms with Crippen LogP contribution >= 0.6 is 11.6 Å². The number of hydrogen-bond acceptors (Lipinski definition) is 2. The van der Waals surface area contributed by atoms with Gasteiger partial charge in [0, 0.05) is 34.1 Å². The van der Waals surface area contributed by atoms with Gasteiger partial charge in [-0.25, -0.2) is 13.1 Å². The second-order valence-electron chi connectivity index (χ2n) is 6.31. The minimum absolute atomic E-state index is 0.128. The Hall–Kier alpha value is -1.82. The predicted octanol–water partition coefficient (Wildman–Crippen LogP) is 3.58. The summed E-state index contributed by atoms with van der Waals surface area (Å²) in [6.45, 7) is 2.06. The Kier molecular flexibility index (Phi) is 3.67. The first-order valence-electron chi connectivity index (χ1n) is 7.80. The Morgan fingerprint density at radius 2 is 1.88 bits per heavy atom. The molecule has 2 N–H and O–H groups in total. The molecule has 1 aliphatic carbocycles. The zero-order valence-electron chi connectivity index (χ0n) is 13.1. The second-order valence-corrected chi connectivity index (χ2v) is 8.46.